The van der Waals surface area contributed by atoms with E-state index in [1.54, 1.807) is 11.3 Å². The zero-order valence-corrected chi connectivity index (χ0v) is 16.8. The van der Waals surface area contributed by atoms with E-state index >= 15 is 0 Å². The summed E-state index contributed by atoms with van der Waals surface area (Å²) in [5.41, 5.74) is 7.80. The van der Waals surface area contributed by atoms with Gasteiger partial charge in [-0.05, 0) is 24.6 Å². The van der Waals surface area contributed by atoms with Gasteiger partial charge in [0.25, 0.3) is 0 Å². The highest BCUT2D eigenvalue weighted by molar-refractivity contribution is 7.13. The number of aryl methyl sites for hydroxylation is 1. The number of fused-ring (bicyclic) bond motifs is 1. The molecule has 0 aliphatic heterocycles. The molecule has 5 aromatic rings. The molecule has 0 saturated carbocycles. The predicted molar refractivity (Wildman–Crippen MR) is 121 cm³/mol. The summed E-state index contributed by atoms with van der Waals surface area (Å²) in [6.45, 7) is 2.81. The number of nitrogens with zero attached hydrogens (tertiary/aromatic N) is 2. The Bertz CT molecular complexity index is 1220. The third kappa shape index (κ3) is 3.77. The van der Waals surface area contributed by atoms with Crippen LogP contribution in [0.5, 0.6) is 0 Å². The fourth-order valence-electron chi connectivity index (χ4n) is 3.25. The molecule has 4 nitrogen and oxygen atoms in total. The van der Waals surface area contributed by atoms with Gasteiger partial charge in [-0.15, -0.1) is 11.3 Å². The minimum absolute atomic E-state index is 0.715. The van der Waals surface area contributed by atoms with Crippen molar-refractivity contribution in [2.75, 3.05) is 5.32 Å². The molecule has 0 radical (unpaired) electrons. The van der Waals surface area contributed by atoms with E-state index < -0.39 is 0 Å². The highest BCUT2D eigenvalue weighted by Gasteiger charge is 2.07. The lowest BCUT2D eigenvalue weighted by Crippen LogP contribution is -2.00. The maximum atomic E-state index is 4.82. The maximum Gasteiger partial charge on any atom is 0.201 e. The maximum absolute atomic E-state index is 4.82. The summed E-state index contributed by atoms with van der Waals surface area (Å²) < 4.78 is 0. The number of H-pyrrole nitrogens is 1. The van der Waals surface area contributed by atoms with Gasteiger partial charge in [0.05, 0.1) is 16.7 Å². The molecule has 0 atom stereocenters. The number of anilines is 1. The molecule has 2 N–H and O–H groups in total. The standard InChI is InChI=1S/C24H20N4S/c1-16-6-10-18(11-7-16)22-15-29-23(26-22)19-12-8-17(9-13-19)14-25-24-27-20-4-2-3-5-21(20)28-24/h2-13,15H,14H2,1H3,(H2,25,27,28). The van der Waals surface area contributed by atoms with Gasteiger partial charge in [0.15, 0.2) is 0 Å². The predicted octanol–water partition coefficient (Wildman–Crippen LogP) is 6.27. The molecule has 5 rings (SSSR count). The summed E-state index contributed by atoms with van der Waals surface area (Å²) in [6, 6.07) is 25.1. The highest BCUT2D eigenvalue weighted by atomic mass is 32.1. The molecule has 0 bridgehead atoms. The van der Waals surface area contributed by atoms with Crippen LogP contribution in [-0.2, 0) is 6.54 Å². The van der Waals surface area contributed by atoms with Crippen LogP contribution in [0.1, 0.15) is 11.1 Å². The van der Waals surface area contributed by atoms with Crippen molar-refractivity contribution in [3.05, 3.63) is 89.3 Å². The second-order valence-electron chi connectivity index (χ2n) is 7.06. The quantitative estimate of drug-likeness (QED) is 0.368. The molecule has 0 amide bonds. The number of hydrogen-bond donors (Lipinski definition) is 2. The summed E-state index contributed by atoms with van der Waals surface area (Å²) in [5, 5.41) is 6.52. The molecule has 0 fully saturated rings. The molecule has 0 aliphatic rings. The Morgan fingerprint density at radius 2 is 1.62 bits per heavy atom. The van der Waals surface area contributed by atoms with Crippen molar-refractivity contribution in [2.45, 2.75) is 13.5 Å². The van der Waals surface area contributed by atoms with Gasteiger partial charge < -0.3 is 10.3 Å². The average Bonchev–Trinajstić information content (AvgIpc) is 3.40. The Hall–Kier alpha value is -3.44. The van der Waals surface area contributed by atoms with Crippen LogP contribution < -0.4 is 5.32 Å². The largest absolute Gasteiger partial charge is 0.352 e. The zero-order chi connectivity index (χ0) is 19.6. The number of rotatable bonds is 5. The van der Waals surface area contributed by atoms with Crippen molar-refractivity contribution in [3.8, 4) is 21.8 Å². The molecule has 3 aromatic carbocycles. The summed E-state index contributed by atoms with van der Waals surface area (Å²) in [7, 11) is 0. The average molecular weight is 397 g/mol. The Balaban J connectivity index is 1.28. The summed E-state index contributed by atoms with van der Waals surface area (Å²) in [6.07, 6.45) is 0. The minimum atomic E-state index is 0.715. The molecule has 0 unspecified atom stereocenters. The first-order valence-corrected chi connectivity index (χ1v) is 10.4. The van der Waals surface area contributed by atoms with E-state index in [0.717, 1.165) is 38.8 Å². The van der Waals surface area contributed by atoms with Gasteiger partial charge in [0.2, 0.25) is 5.95 Å². The number of hydrogen-bond acceptors (Lipinski definition) is 4. The smallest absolute Gasteiger partial charge is 0.201 e. The van der Waals surface area contributed by atoms with Crippen molar-refractivity contribution >= 4 is 28.3 Å². The number of aromatic nitrogens is 3. The third-order valence-corrected chi connectivity index (χ3v) is 5.79. The van der Waals surface area contributed by atoms with Gasteiger partial charge in [-0.2, -0.15) is 0 Å². The van der Waals surface area contributed by atoms with Crippen LogP contribution in [0.25, 0.3) is 32.9 Å². The molecule has 2 aromatic heterocycles. The van der Waals surface area contributed by atoms with E-state index in [1.807, 2.05) is 24.3 Å². The van der Waals surface area contributed by atoms with Gasteiger partial charge in [-0.3, -0.25) is 0 Å². The van der Waals surface area contributed by atoms with Gasteiger partial charge >= 0.3 is 0 Å². The molecule has 5 heteroatoms. The topological polar surface area (TPSA) is 53.6 Å². The van der Waals surface area contributed by atoms with Crippen LogP contribution in [0.3, 0.4) is 0 Å². The van der Waals surface area contributed by atoms with Crippen LogP contribution in [0.2, 0.25) is 0 Å². The van der Waals surface area contributed by atoms with Crippen LogP contribution in [0, 0.1) is 6.92 Å². The lowest BCUT2D eigenvalue weighted by Gasteiger charge is -2.04. The minimum Gasteiger partial charge on any atom is -0.352 e. The van der Waals surface area contributed by atoms with Gasteiger partial charge in [0.1, 0.15) is 5.01 Å². The number of imidazole rings is 1. The fraction of sp³-hybridized carbons (Fsp3) is 0.0833. The molecule has 29 heavy (non-hydrogen) atoms. The van der Waals surface area contributed by atoms with Gasteiger partial charge in [-0.25, -0.2) is 9.97 Å². The second-order valence-corrected chi connectivity index (χ2v) is 7.92. The van der Waals surface area contributed by atoms with Crippen LogP contribution in [0.15, 0.2) is 78.2 Å². The highest BCUT2D eigenvalue weighted by Crippen LogP contribution is 2.29. The first kappa shape index (κ1) is 17.6. The lowest BCUT2D eigenvalue weighted by atomic mass is 10.1. The van der Waals surface area contributed by atoms with Crippen LogP contribution >= 0.6 is 11.3 Å². The summed E-state index contributed by atoms with van der Waals surface area (Å²) in [5.74, 6) is 0.790. The Labute approximate surface area is 173 Å². The monoisotopic (exact) mass is 396 g/mol. The second kappa shape index (κ2) is 7.53. The molecule has 0 saturated heterocycles. The van der Waals surface area contributed by atoms with Crippen molar-refractivity contribution in [3.63, 3.8) is 0 Å². The number of aromatic amines is 1. The molecular formula is C24H20N4S. The zero-order valence-electron chi connectivity index (χ0n) is 16.0. The van der Waals surface area contributed by atoms with E-state index in [2.05, 4.69) is 76.1 Å². The Kier molecular flexibility index (Phi) is 4.58. The molecule has 0 spiro atoms. The van der Waals surface area contributed by atoms with Crippen molar-refractivity contribution in [1.29, 1.82) is 0 Å². The summed E-state index contributed by atoms with van der Waals surface area (Å²) in [4.78, 5) is 12.7. The SMILES string of the molecule is Cc1ccc(-c2csc(-c3ccc(CNc4nc5ccccc5[nH]4)cc3)n2)cc1. The van der Waals surface area contributed by atoms with E-state index in [9.17, 15) is 0 Å². The normalized spacial score (nSPS) is 11.1. The van der Waals surface area contributed by atoms with E-state index in [0.29, 0.717) is 6.54 Å². The molecule has 0 aliphatic carbocycles. The van der Waals surface area contributed by atoms with Crippen LogP contribution in [0.4, 0.5) is 5.95 Å². The van der Waals surface area contributed by atoms with E-state index in [4.69, 9.17) is 4.98 Å². The molecule has 142 valence electrons. The van der Waals surface area contributed by atoms with E-state index in [1.165, 1.54) is 11.1 Å². The number of benzene rings is 3. The Morgan fingerprint density at radius 1 is 0.862 bits per heavy atom. The lowest BCUT2D eigenvalue weighted by molar-refractivity contribution is 1.10. The first-order chi connectivity index (χ1) is 14.2. The van der Waals surface area contributed by atoms with Crippen LogP contribution in [-0.4, -0.2) is 15.0 Å². The van der Waals surface area contributed by atoms with Crippen molar-refractivity contribution in [2.24, 2.45) is 0 Å². The van der Waals surface area contributed by atoms with Gasteiger partial charge in [0, 0.05) is 23.1 Å². The number of nitrogens with one attached hydrogen (secondary N) is 2. The fourth-order valence-corrected chi connectivity index (χ4v) is 4.09. The van der Waals surface area contributed by atoms with Crippen molar-refractivity contribution in [1.82, 2.24) is 15.0 Å². The molecular weight excluding hydrogens is 376 g/mol. The van der Waals surface area contributed by atoms with E-state index in [-0.39, 0.29) is 0 Å². The molecule has 2 heterocycles. The third-order valence-electron chi connectivity index (χ3n) is 4.90. The Morgan fingerprint density at radius 3 is 2.41 bits per heavy atom. The number of thiazole rings is 1. The summed E-state index contributed by atoms with van der Waals surface area (Å²) >= 11 is 1.68. The van der Waals surface area contributed by atoms with Crippen molar-refractivity contribution < 1.29 is 0 Å². The first-order valence-electron chi connectivity index (χ1n) is 9.55. The number of para-hydroxylation sites is 2. The van der Waals surface area contributed by atoms with Gasteiger partial charge in [-0.1, -0.05) is 66.2 Å².